The Kier molecular flexibility index (Phi) is 7.44. The maximum Gasteiger partial charge on any atom is 0.233 e. The number of aromatic nitrogens is 3. The molecule has 1 aromatic rings. The van der Waals surface area contributed by atoms with Crippen molar-refractivity contribution in [3.05, 3.63) is 0 Å². The van der Waals surface area contributed by atoms with Crippen molar-refractivity contribution in [3.63, 3.8) is 0 Å². The molecule has 3 rings (SSSR count). The number of nitrogens with zero attached hydrogens (tertiary/aromatic N) is 5. The highest BCUT2D eigenvalue weighted by Gasteiger charge is 2.34. The summed E-state index contributed by atoms with van der Waals surface area (Å²) in [6, 6.07) is -0.212. The van der Waals surface area contributed by atoms with Crippen LogP contribution < -0.4 is 4.90 Å². The molecule has 0 spiro atoms. The fourth-order valence-corrected chi connectivity index (χ4v) is 6.34. The zero-order chi connectivity index (χ0) is 21.0. The Morgan fingerprint density at radius 1 is 1.31 bits per heavy atom. The lowest BCUT2D eigenvalue weighted by Crippen LogP contribution is -2.42. The molecule has 2 aliphatic rings. The van der Waals surface area contributed by atoms with Crippen LogP contribution in [-0.2, 0) is 25.9 Å². The quantitative estimate of drug-likeness (QED) is 0.545. The van der Waals surface area contributed by atoms with Crippen LogP contribution in [-0.4, -0.2) is 90.1 Å². The van der Waals surface area contributed by atoms with E-state index in [-0.39, 0.29) is 29.2 Å². The number of sulfone groups is 1. The molecule has 1 amide bonds. The van der Waals surface area contributed by atoms with Crippen molar-refractivity contribution >= 4 is 33.5 Å². The molecule has 0 aliphatic carbocycles. The number of carbonyl (C=O) groups excluding carboxylic acids is 1. The first-order valence-electron chi connectivity index (χ1n) is 10.2. The molecule has 2 saturated heterocycles. The molecule has 3 heterocycles. The average Bonchev–Trinajstić information content (AvgIpc) is 3.23. The number of hydrogen-bond acceptors (Lipinski definition) is 8. The molecule has 0 N–H and O–H groups in total. The standard InChI is InChI=1S/C18H31N5O4S2/c1-4-22(15-5-10-29(25,26)13-15)16(24)12-28-18-20-19-17(23(18)11-14(2)3)21-6-8-27-9-7-21/h14-15H,4-13H2,1-3H3/t15-/m0/s1. The summed E-state index contributed by atoms with van der Waals surface area (Å²) in [6.07, 6.45) is 0.525. The van der Waals surface area contributed by atoms with Gasteiger partial charge in [-0.1, -0.05) is 25.6 Å². The van der Waals surface area contributed by atoms with Gasteiger partial charge in [-0.2, -0.15) is 0 Å². The minimum Gasteiger partial charge on any atom is -0.378 e. The number of ether oxygens (including phenoxy) is 1. The molecule has 0 aromatic carbocycles. The predicted molar refractivity (Wildman–Crippen MR) is 113 cm³/mol. The molecule has 1 atom stereocenters. The zero-order valence-corrected chi connectivity index (χ0v) is 19.0. The fourth-order valence-electron chi connectivity index (χ4n) is 3.78. The third-order valence-electron chi connectivity index (χ3n) is 5.17. The second-order valence-corrected chi connectivity index (χ2v) is 11.1. The van der Waals surface area contributed by atoms with Crippen LogP contribution in [0.4, 0.5) is 5.95 Å². The van der Waals surface area contributed by atoms with Crippen molar-refractivity contribution in [2.75, 3.05) is 55.0 Å². The van der Waals surface area contributed by atoms with Crippen LogP contribution in [0.2, 0.25) is 0 Å². The average molecular weight is 446 g/mol. The minimum absolute atomic E-state index is 0.0494. The molecule has 0 saturated carbocycles. The minimum atomic E-state index is -3.02. The number of amides is 1. The molecule has 164 valence electrons. The van der Waals surface area contributed by atoms with Crippen LogP contribution in [0.5, 0.6) is 0 Å². The van der Waals surface area contributed by atoms with Gasteiger partial charge in [0.2, 0.25) is 11.9 Å². The Bertz CT molecular complexity index is 805. The van der Waals surface area contributed by atoms with Gasteiger partial charge in [0.05, 0.1) is 30.5 Å². The zero-order valence-electron chi connectivity index (χ0n) is 17.4. The van der Waals surface area contributed by atoms with E-state index in [0.29, 0.717) is 32.1 Å². The summed E-state index contributed by atoms with van der Waals surface area (Å²) < 4.78 is 31.1. The molecule has 11 heteroatoms. The normalized spacial score (nSPS) is 21.7. The molecule has 1 aromatic heterocycles. The van der Waals surface area contributed by atoms with Crippen LogP contribution in [0.3, 0.4) is 0 Å². The Morgan fingerprint density at radius 2 is 2.03 bits per heavy atom. The summed E-state index contributed by atoms with van der Waals surface area (Å²) in [6.45, 7) is 10.4. The molecule has 0 unspecified atom stereocenters. The summed E-state index contributed by atoms with van der Waals surface area (Å²) in [7, 11) is -3.02. The summed E-state index contributed by atoms with van der Waals surface area (Å²) in [5.74, 6) is 1.65. The van der Waals surface area contributed by atoms with Crippen molar-refractivity contribution < 1.29 is 17.9 Å². The monoisotopic (exact) mass is 445 g/mol. The van der Waals surface area contributed by atoms with Crippen molar-refractivity contribution in [2.24, 2.45) is 5.92 Å². The SMILES string of the molecule is CCN(C(=O)CSc1nnc(N2CCOCC2)n1CC(C)C)[C@H]1CCS(=O)(=O)C1. The largest absolute Gasteiger partial charge is 0.378 e. The van der Waals surface area contributed by atoms with Gasteiger partial charge in [0.15, 0.2) is 15.0 Å². The van der Waals surface area contributed by atoms with E-state index in [4.69, 9.17) is 4.74 Å². The molecule has 0 radical (unpaired) electrons. The van der Waals surface area contributed by atoms with Crippen LogP contribution >= 0.6 is 11.8 Å². The Balaban J connectivity index is 1.68. The van der Waals surface area contributed by atoms with Crippen molar-refractivity contribution in [3.8, 4) is 0 Å². The van der Waals surface area contributed by atoms with E-state index < -0.39 is 9.84 Å². The lowest BCUT2D eigenvalue weighted by Gasteiger charge is -2.28. The summed E-state index contributed by atoms with van der Waals surface area (Å²) in [5, 5.41) is 9.47. The van der Waals surface area contributed by atoms with Gasteiger partial charge in [0.25, 0.3) is 0 Å². The maximum absolute atomic E-state index is 12.8. The lowest BCUT2D eigenvalue weighted by molar-refractivity contribution is -0.129. The summed E-state index contributed by atoms with van der Waals surface area (Å²) in [4.78, 5) is 16.7. The molecular weight excluding hydrogens is 414 g/mol. The van der Waals surface area contributed by atoms with Crippen LogP contribution in [0.25, 0.3) is 0 Å². The molecular formula is C18H31N5O4S2. The Hall–Kier alpha value is -1.33. The Morgan fingerprint density at radius 3 is 2.62 bits per heavy atom. The van der Waals surface area contributed by atoms with Crippen molar-refractivity contribution in [1.82, 2.24) is 19.7 Å². The highest BCUT2D eigenvalue weighted by atomic mass is 32.2. The van der Waals surface area contributed by atoms with Gasteiger partial charge in [-0.3, -0.25) is 9.36 Å². The van der Waals surface area contributed by atoms with Crippen molar-refractivity contribution in [1.29, 1.82) is 0 Å². The topological polar surface area (TPSA) is 97.6 Å². The van der Waals surface area contributed by atoms with Crippen LogP contribution in [0, 0.1) is 5.92 Å². The third kappa shape index (κ3) is 5.64. The van der Waals surface area contributed by atoms with E-state index in [9.17, 15) is 13.2 Å². The Labute approximate surface area is 177 Å². The second kappa shape index (κ2) is 9.65. The van der Waals surface area contributed by atoms with Gasteiger partial charge < -0.3 is 14.5 Å². The van der Waals surface area contributed by atoms with E-state index in [1.165, 1.54) is 11.8 Å². The molecule has 2 fully saturated rings. The number of hydrogen-bond donors (Lipinski definition) is 0. The number of anilines is 1. The highest BCUT2D eigenvalue weighted by Crippen LogP contribution is 2.25. The van der Waals surface area contributed by atoms with Gasteiger partial charge in [0, 0.05) is 32.2 Å². The number of thioether (sulfide) groups is 1. The summed E-state index contributed by atoms with van der Waals surface area (Å²) in [5.41, 5.74) is 0. The second-order valence-electron chi connectivity index (χ2n) is 7.91. The summed E-state index contributed by atoms with van der Waals surface area (Å²) >= 11 is 1.38. The predicted octanol–water partition coefficient (Wildman–Crippen LogP) is 0.898. The molecule has 29 heavy (non-hydrogen) atoms. The number of rotatable bonds is 8. The number of carbonyl (C=O) groups is 1. The van der Waals surface area contributed by atoms with Gasteiger partial charge in [-0.05, 0) is 19.3 Å². The van der Waals surface area contributed by atoms with Gasteiger partial charge in [0.1, 0.15) is 0 Å². The smallest absolute Gasteiger partial charge is 0.233 e. The van der Waals surface area contributed by atoms with Crippen LogP contribution in [0.15, 0.2) is 5.16 Å². The number of morpholine rings is 1. The van der Waals surface area contributed by atoms with E-state index in [0.717, 1.165) is 30.7 Å². The first-order valence-corrected chi connectivity index (χ1v) is 13.0. The van der Waals surface area contributed by atoms with E-state index in [1.54, 1.807) is 4.90 Å². The lowest BCUT2D eigenvalue weighted by atomic mass is 10.2. The van der Waals surface area contributed by atoms with E-state index in [1.807, 2.05) is 6.92 Å². The molecule has 9 nitrogen and oxygen atoms in total. The van der Waals surface area contributed by atoms with Crippen molar-refractivity contribution in [2.45, 2.75) is 44.9 Å². The molecule has 2 aliphatic heterocycles. The van der Waals surface area contributed by atoms with E-state index in [2.05, 4.69) is 33.5 Å². The van der Waals surface area contributed by atoms with Gasteiger partial charge in [-0.15, -0.1) is 10.2 Å². The maximum atomic E-state index is 12.8. The van der Waals surface area contributed by atoms with Gasteiger partial charge >= 0.3 is 0 Å². The molecule has 0 bridgehead atoms. The van der Waals surface area contributed by atoms with Gasteiger partial charge in [-0.25, -0.2) is 8.42 Å². The third-order valence-corrected chi connectivity index (χ3v) is 7.88. The van der Waals surface area contributed by atoms with E-state index >= 15 is 0 Å². The first-order chi connectivity index (χ1) is 13.8. The fraction of sp³-hybridized carbons (Fsp3) is 0.833. The van der Waals surface area contributed by atoms with Crippen LogP contribution in [0.1, 0.15) is 27.2 Å². The highest BCUT2D eigenvalue weighted by molar-refractivity contribution is 7.99. The first kappa shape index (κ1) is 22.4.